The van der Waals surface area contributed by atoms with Crippen molar-refractivity contribution in [3.8, 4) is 0 Å². The highest BCUT2D eigenvalue weighted by molar-refractivity contribution is 7.89. The molecule has 0 N–H and O–H groups in total. The minimum absolute atomic E-state index is 0.210. The van der Waals surface area contributed by atoms with Crippen LogP contribution in [0.3, 0.4) is 0 Å². The van der Waals surface area contributed by atoms with Gasteiger partial charge in [-0.2, -0.15) is 0 Å². The molecule has 0 spiro atoms. The molecule has 112 valence electrons. The molecular weight excluding hydrogens is 288 g/mol. The van der Waals surface area contributed by atoms with E-state index in [0.717, 1.165) is 29.3 Å². The van der Waals surface area contributed by atoms with Gasteiger partial charge in [-0.25, -0.2) is 21.5 Å². The zero-order valence-electron chi connectivity index (χ0n) is 11.2. The van der Waals surface area contributed by atoms with Crippen LogP contribution in [-0.4, -0.2) is 39.5 Å². The molecule has 0 aromatic heterocycles. The van der Waals surface area contributed by atoms with E-state index >= 15 is 0 Å². The van der Waals surface area contributed by atoms with Crippen LogP contribution in [0.15, 0.2) is 23.1 Å². The van der Waals surface area contributed by atoms with Gasteiger partial charge in [-0.3, -0.25) is 0 Å². The quantitative estimate of drug-likeness (QED) is 0.855. The van der Waals surface area contributed by atoms with Crippen LogP contribution in [0.25, 0.3) is 0 Å². The van der Waals surface area contributed by atoms with Crippen LogP contribution < -0.4 is 0 Å². The maximum absolute atomic E-state index is 13.1. The topological polar surface area (TPSA) is 46.6 Å². The SMILES string of the molecule is CN(CC1CCOCC1)S(=O)(=O)c1cc(F)cc(F)c1. The Balaban J connectivity index is 2.15. The van der Waals surface area contributed by atoms with Gasteiger partial charge in [-0.1, -0.05) is 0 Å². The third-order valence-electron chi connectivity index (χ3n) is 3.40. The highest BCUT2D eigenvalue weighted by Crippen LogP contribution is 2.21. The second kappa shape index (κ2) is 6.15. The smallest absolute Gasteiger partial charge is 0.243 e. The molecule has 0 aliphatic carbocycles. The molecule has 20 heavy (non-hydrogen) atoms. The fourth-order valence-corrected chi connectivity index (χ4v) is 3.54. The third kappa shape index (κ3) is 3.53. The Labute approximate surface area is 117 Å². The molecule has 2 rings (SSSR count). The number of benzene rings is 1. The first-order valence-corrected chi connectivity index (χ1v) is 7.84. The number of hydrogen-bond donors (Lipinski definition) is 0. The van der Waals surface area contributed by atoms with Crippen molar-refractivity contribution in [3.05, 3.63) is 29.8 Å². The molecule has 7 heteroatoms. The van der Waals surface area contributed by atoms with Crippen LogP contribution in [0.1, 0.15) is 12.8 Å². The van der Waals surface area contributed by atoms with Gasteiger partial charge in [-0.15, -0.1) is 0 Å². The van der Waals surface area contributed by atoms with Crippen molar-refractivity contribution in [3.63, 3.8) is 0 Å². The molecule has 1 aliphatic heterocycles. The lowest BCUT2D eigenvalue weighted by molar-refractivity contribution is 0.0620. The average Bonchev–Trinajstić information content (AvgIpc) is 2.38. The summed E-state index contributed by atoms with van der Waals surface area (Å²) in [7, 11) is -2.45. The Morgan fingerprint density at radius 1 is 1.20 bits per heavy atom. The lowest BCUT2D eigenvalue weighted by atomic mass is 10.0. The minimum Gasteiger partial charge on any atom is -0.381 e. The average molecular weight is 305 g/mol. The number of sulfonamides is 1. The van der Waals surface area contributed by atoms with E-state index in [4.69, 9.17) is 4.74 Å². The van der Waals surface area contributed by atoms with Crippen molar-refractivity contribution in [1.82, 2.24) is 4.31 Å². The molecule has 0 bridgehead atoms. The maximum atomic E-state index is 13.1. The van der Waals surface area contributed by atoms with Gasteiger partial charge in [0.25, 0.3) is 0 Å². The summed E-state index contributed by atoms with van der Waals surface area (Å²) in [5, 5.41) is 0. The number of rotatable bonds is 4. The summed E-state index contributed by atoms with van der Waals surface area (Å²) in [5.74, 6) is -1.59. The van der Waals surface area contributed by atoms with Gasteiger partial charge < -0.3 is 4.74 Å². The van der Waals surface area contributed by atoms with Crippen molar-refractivity contribution in [2.24, 2.45) is 5.92 Å². The van der Waals surface area contributed by atoms with Gasteiger partial charge in [0.2, 0.25) is 10.0 Å². The van der Waals surface area contributed by atoms with E-state index in [0.29, 0.717) is 25.8 Å². The molecule has 0 atom stereocenters. The first-order valence-electron chi connectivity index (χ1n) is 6.40. The van der Waals surface area contributed by atoms with Crippen LogP contribution in [0, 0.1) is 17.6 Å². The molecule has 0 amide bonds. The van der Waals surface area contributed by atoms with Crippen LogP contribution >= 0.6 is 0 Å². The van der Waals surface area contributed by atoms with Crippen LogP contribution in [0.4, 0.5) is 8.78 Å². The Morgan fingerprint density at radius 3 is 2.30 bits per heavy atom. The summed E-state index contributed by atoms with van der Waals surface area (Å²) in [6.45, 7) is 1.56. The predicted molar refractivity (Wildman–Crippen MR) is 69.7 cm³/mol. The summed E-state index contributed by atoms with van der Waals surface area (Å²) >= 11 is 0. The molecule has 1 fully saturated rings. The van der Waals surface area contributed by atoms with Crippen molar-refractivity contribution in [2.75, 3.05) is 26.8 Å². The Hall–Kier alpha value is -1.05. The van der Waals surface area contributed by atoms with Gasteiger partial charge in [0.15, 0.2) is 0 Å². The fourth-order valence-electron chi connectivity index (χ4n) is 2.25. The van der Waals surface area contributed by atoms with Gasteiger partial charge in [0.05, 0.1) is 4.90 Å². The minimum atomic E-state index is -3.87. The standard InChI is InChI=1S/C13H17F2NO3S/c1-16(9-10-2-4-19-5-3-10)20(17,18)13-7-11(14)6-12(15)8-13/h6-8,10H,2-5,9H2,1H3. The number of nitrogens with zero attached hydrogens (tertiary/aromatic N) is 1. The zero-order valence-corrected chi connectivity index (χ0v) is 12.0. The molecule has 1 aromatic carbocycles. The molecule has 0 unspecified atom stereocenters. The molecule has 1 saturated heterocycles. The molecule has 0 saturated carbocycles. The van der Waals surface area contributed by atoms with Crippen molar-refractivity contribution < 1.29 is 21.9 Å². The number of halogens is 2. The summed E-state index contributed by atoms with van der Waals surface area (Å²) in [6.07, 6.45) is 1.58. The van der Waals surface area contributed by atoms with E-state index in [1.54, 1.807) is 0 Å². The Bertz CT molecular complexity index is 551. The van der Waals surface area contributed by atoms with Gasteiger partial charge in [0.1, 0.15) is 11.6 Å². The van der Waals surface area contributed by atoms with Crippen LogP contribution in [0.5, 0.6) is 0 Å². The van der Waals surface area contributed by atoms with Gasteiger partial charge in [-0.05, 0) is 30.9 Å². The van der Waals surface area contributed by atoms with E-state index in [9.17, 15) is 17.2 Å². The molecule has 1 aromatic rings. The fraction of sp³-hybridized carbons (Fsp3) is 0.538. The van der Waals surface area contributed by atoms with Gasteiger partial charge in [0, 0.05) is 32.9 Å². The maximum Gasteiger partial charge on any atom is 0.243 e. The second-order valence-electron chi connectivity index (χ2n) is 4.95. The van der Waals surface area contributed by atoms with E-state index in [1.165, 1.54) is 7.05 Å². The molecule has 0 radical (unpaired) electrons. The zero-order chi connectivity index (χ0) is 14.8. The molecule has 1 aliphatic rings. The van der Waals surface area contributed by atoms with E-state index in [-0.39, 0.29) is 10.8 Å². The van der Waals surface area contributed by atoms with Crippen LogP contribution in [-0.2, 0) is 14.8 Å². The summed E-state index contributed by atoms with van der Waals surface area (Å²) in [4.78, 5) is -0.357. The Morgan fingerprint density at radius 2 is 1.75 bits per heavy atom. The molecule has 1 heterocycles. The number of hydrogen-bond acceptors (Lipinski definition) is 3. The first-order chi connectivity index (χ1) is 9.39. The Kier molecular flexibility index (Phi) is 4.72. The summed E-state index contributed by atoms with van der Waals surface area (Å²) < 4.78 is 57.2. The van der Waals surface area contributed by atoms with Crippen LogP contribution in [0.2, 0.25) is 0 Å². The lowest BCUT2D eigenvalue weighted by Crippen LogP contribution is -2.34. The van der Waals surface area contributed by atoms with Crippen molar-refractivity contribution in [1.29, 1.82) is 0 Å². The second-order valence-corrected chi connectivity index (χ2v) is 6.99. The third-order valence-corrected chi connectivity index (χ3v) is 5.20. The van der Waals surface area contributed by atoms with Gasteiger partial charge >= 0.3 is 0 Å². The van der Waals surface area contributed by atoms with E-state index in [2.05, 4.69) is 0 Å². The molecule has 4 nitrogen and oxygen atoms in total. The monoisotopic (exact) mass is 305 g/mol. The van der Waals surface area contributed by atoms with E-state index < -0.39 is 21.7 Å². The number of ether oxygens (including phenoxy) is 1. The highest BCUT2D eigenvalue weighted by Gasteiger charge is 2.25. The largest absolute Gasteiger partial charge is 0.381 e. The predicted octanol–water partition coefficient (Wildman–Crippen LogP) is 2.01. The highest BCUT2D eigenvalue weighted by atomic mass is 32.2. The lowest BCUT2D eigenvalue weighted by Gasteiger charge is -2.26. The summed E-state index contributed by atoms with van der Waals surface area (Å²) in [5.41, 5.74) is 0. The molecular formula is C13H17F2NO3S. The first kappa shape index (κ1) is 15.3. The summed E-state index contributed by atoms with van der Waals surface area (Å²) in [6, 6.07) is 2.31. The van der Waals surface area contributed by atoms with Crippen molar-refractivity contribution >= 4 is 10.0 Å². The normalized spacial score (nSPS) is 17.6. The van der Waals surface area contributed by atoms with Crippen molar-refractivity contribution in [2.45, 2.75) is 17.7 Å². The van der Waals surface area contributed by atoms with E-state index in [1.807, 2.05) is 0 Å².